The van der Waals surface area contributed by atoms with E-state index in [0.29, 0.717) is 12.3 Å². The van der Waals surface area contributed by atoms with Crippen LogP contribution in [0.4, 0.5) is 5.69 Å². The van der Waals surface area contributed by atoms with Gasteiger partial charge in [-0.25, -0.2) is 0 Å². The van der Waals surface area contributed by atoms with Crippen LogP contribution in [0.2, 0.25) is 0 Å². The molecule has 22 heavy (non-hydrogen) atoms. The molecule has 1 radical (unpaired) electrons. The molecule has 125 valence electrons. The van der Waals surface area contributed by atoms with E-state index in [1.54, 1.807) is 24.1 Å². The Bertz CT molecular complexity index is 512. The molecule has 0 aliphatic carbocycles. The standard InChI is InChI=1S/C12H19NO5S.Na.2H2O/c1-3-13(8-11(14)9-19(15,16)17)10-5-4-6-12(7-10)18-2;;;/h4-7,11,14H,3,8-9H2,1-2H3,(H,15,16,17);;2*1H2. The van der Waals surface area contributed by atoms with Crippen molar-refractivity contribution in [1.29, 1.82) is 0 Å². The third-order valence-electron chi connectivity index (χ3n) is 2.63. The third kappa shape index (κ3) is 9.59. The van der Waals surface area contributed by atoms with Crippen molar-refractivity contribution in [1.82, 2.24) is 0 Å². The van der Waals surface area contributed by atoms with Gasteiger partial charge in [0.2, 0.25) is 0 Å². The fourth-order valence-corrected chi connectivity index (χ4v) is 2.37. The number of methoxy groups -OCH3 is 1. The van der Waals surface area contributed by atoms with Crippen molar-refractivity contribution in [3.05, 3.63) is 24.3 Å². The zero-order chi connectivity index (χ0) is 14.5. The first-order valence-corrected chi connectivity index (χ1v) is 7.49. The van der Waals surface area contributed by atoms with Crippen LogP contribution in [0.5, 0.6) is 5.75 Å². The molecule has 10 heteroatoms. The minimum atomic E-state index is -4.17. The molecule has 0 amide bonds. The van der Waals surface area contributed by atoms with Gasteiger partial charge in [0.1, 0.15) is 11.5 Å². The number of nitrogens with zero attached hydrogens (tertiary/aromatic N) is 1. The number of benzene rings is 1. The van der Waals surface area contributed by atoms with E-state index in [1.165, 1.54) is 0 Å². The first-order valence-electron chi connectivity index (χ1n) is 5.88. The van der Waals surface area contributed by atoms with E-state index in [1.807, 2.05) is 19.1 Å². The van der Waals surface area contributed by atoms with E-state index in [0.717, 1.165) is 5.69 Å². The Balaban J connectivity index is -0.00000120. The Kier molecular flexibility index (Phi) is 14.6. The normalized spacial score (nSPS) is 11.3. The van der Waals surface area contributed by atoms with E-state index in [4.69, 9.17) is 9.29 Å². The largest absolute Gasteiger partial charge is 0.497 e. The number of rotatable bonds is 7. The van der Waals surface area contributed by atoms with Gasteiger partial charge in [0.15, 0.2) is 0 Å². The molecular formula is C12H23NNaO7S. The van der Waals surface area contributed by atoms with Crippen LogP contribution in [-0.2, 0) is 10.1 Å². The summed E-state index contributed by atoms with van der Waals surface area (Å²) in [5, 5.41) is 9.66. The molecule has 6 N–H and O–H groups in total. The van der Waals surface area contributed by atoms with Gasteiger partial charge in [-0.05, 0) is 19.1 Å². The van der Waals surface area contributed by atoms with Gasteiger partial charge >= 0.3 is 0 Å². The maximum Gasteiger partial charge on any atom is 0.267 e. The predicted molar refractivity (Wildman–Crippen MR) is 86.3 cm³/mol. The quantitative estimate of drug-likeness (QED) is 0.464. The van der Waals surface area contributed by atoms with E-state index < -0.39 is 22.0 Å². The second-order valence-corrected chi connectivity index (χ2v) is 5.64. The van der Waals surface area contributed by atoms with Gasteiger partial charge in [-0.1, -0.05) is 6.07 Å². The van der Waals surface area contributed by atoms with Crippen molar-refractivity contribution < 1.29 is 33.8 Å². The Morgan fingerprint density at radius 3 is 2.36 bits per heavy atom. The van der Waals surface area contributed by atoms with Crippen molar-refractivity contribution in [2.75, 3.05) is 30.9 Å². The van der Waals surface area contributed by atoms with E-state index >= 15 is 0 Å². The maximum atomic E-state index is 10.7. The summed E-state index contributed by atoms with van der Waals surface area (Å²) in [4.78, 5) is 1.80. The maximum absolute atomic E-state index is 10.7. The summed E-state index contributed by atoms with van der Waals surface area (Å²) in [6.07, 6.45) is -1.15. The molecule has 0 bridgehead atoms. The van der Waals surface area contributed by atoms with Gasteiger partial charge in [-0.3, -0.25) is 4.55 Å². The average Bonchev–Trinajstić information content (AvgIpc) is 2.34. The fourth-order valence-electron chi connectivity index (χ4n) is 1.77. The van der Waals surface area contributed by atoms with Crippen LogP contribution >= 0.6 is 0 Å². The summed E-state index contributed by atoms with van der Waals surface area (Å²) in [6.45, 7) is 2.60. The minimum absolute atomic E-state index is 0. The van der Waals surface area contributed by atoms with Crippen LogP contribution in [0.3, 0.4) is 0 Å². The number of hydrogen-bond donors (Lipinski definition) is 2. The van der Waals surface area contributed by atoms with Crippen LogP contribution < -0.4 is 9.64 Å². The van der Waals surface area contributed by atoms with E-state index in [-0.39, 0.29) is 47.1 Å². The second-order valence-electron chi connectivity index (χ2n) is 4.14. The van der Waals surface area contributed by atoms with E-state index in [9.17, 15) is 13.5 Å². The smallest absolute Gasteiger partial charge is 0.267 e. The van der Waals surface area contributed by atoms with Gasteiger partial charge < -0.3 is 25.7 Å². The van der Waals surface area contributed by atoms with E-state index in [2.05, 4.69) is 0 Å². The molecule has 1 aromatic rings. The summed E-state index contributed by atoms with van der Waals surface area (Å²) in [6, 6.07) is 7.24. The summed E-state index contributed by atoms with van der Waals surface area (Å²) >= 11 is 0. The molecule has 0 saturated heterocycles. The molecule has 0 heterocycles. The average molecular weight is 348 g/mol. The van der Waals surface area contributed by atoms with Crippen molar-refractivity contribution in [2.45, 2.75) is 13.0 Å². The molecule has 0 saturated carbocycles. The molecular weight excluding hydrogens is 325 g/mol. The van der Waals surface area contributed by atoms with Crippen LogP contribution in [0.25, 0.3) is 0 Å². The van der Waals surface area contributed by atoms with Gasteiger partial charge in [0.05, 0.1) is 13.2 Å². The fraction of sp³-hybridized carbons (Fsp3) is 0.500. The van der Waals surface area contributed by atoms with Gasteiger partial charge in [-0.15, -0.1) is 0 Å². The van der Waals surface area contributed by atoms with Crippen LogP contribution in [0.15, 0.2) is 24.3 Å². The van der Waals surface area contributed by atoms with Gasteiger partial charge in [0.25, 0.3) is 10.1 Å². The number of anilines is 1. The molecule has 1 unspecified atom stereocenters. The van der Waals surface area contributed by atoms with Crippen molar-refractivity contribution >= 4 is 45.4 Å². The number of aliphatic hydroxyl groups excluding tert-OH is 1. The number of ether oxygens (including phenoxy) is 1. The third-order valence-corrected chi connectivity index (χ3v) is 3.44. The second kappa shape index (κ2) is 12.1. The summed E-state index contributed by atoms with van der Waals surface area (Å²) < 4.78 is 35.2. The Morgan fingerprint density at radius 1 is 1.32 bits per heavy atom. The Morgan fingerprint density at radius 2 is 1.91 bits per heavy atom. The van der Waals surface area contributed by atoms with Gasteiger partial charge in [-0.2, -0.15) is 8.42 Å². The van der Waals surface area contributed by atoms with Crippen LogP contribution in [-0.4, -0.2) is 90.6 Å². The van der Waals surface area contributed by atoms with Crippen molar-refractivity contribution in [2.24, 2.45) is 0 Å². The van der Waals surface area contributed by atoms with Crippen LogP contribution in [0.1, 0.15) is 6.92 Å². The SMILES string of the molecule is CCN(CC(O)CS(=O)(=O)O)c1cccc(OC)c1.O.O.[Na]. The molecule has 0 aliphatic heterocycles. The molecule has 0 spiro atoms. The zero-order valence-corrected chi connectivity index (χ0v) is 15.8. The Hall–Kier alpha value is -0.390. The molecule has 1 atom stereocenters. The first-order chi connectivity index (χ1) is 8.85. The number of likely N-dealkylation sites (N-methyl/N-ethyl adjacent to an activating group) is 1. The monoisotopic (exact) mass is 348 g/mol. The Labute approximate surface area is 152 Å². The summed E-state index contributed by atoms with van der Waals surface area (Å²) in [5.74, 6) is 0.00761. The summed E-state index contributed by atoms with van der Waals surface area (Å²) in [5.41, 5.74) is 0.816. The van der Waals surface area contributed by atoms with Crippen molar-refractivity contribution in [3.8, 4) is 5.75 Å². The minimum Gasteiger partial charge on any atom is -0.497 e. The number of aliphatic hydroxyl groups is 1. The molecule has 8 nitrogen and oxygen atoms in total. The molecule has 0 aromatic heterocycles. The molecule has 0 fully saturated rings. The zero-order valence-electron chi connectivity index (χ0n) is 13.0. The van der Waals surface area contributed by atoms with Crippen molar-refractivity contribution in [3.63, 3.8) is 0 Å². The first kappa shape index (κ1) is 26.5. The molecule has 0 aliphatic rings. The molecule has 1 aromatic carbocycles. The summed E-state index contributed by atoms with van der Waals surface area (Å²) in [7, 11) is -2.62. The predicted octanol–water partition coefficient (Wildman–Crippen LogP) is -1.26. The molecule has 1 rings (SSSR count). The topological polar surface area (TPSA) is 150 Å². The van der Waals surface area contributed by atoms with Crippen LogP contribution in [0, 0.1) is 0 Å². The number of hydrogen-bond acceptors (Lipinski definition) is 5. The van der Waals surface area contributed by atoms with Gasteiger partial charge in [0, 0.05) is 54.4 Å².